The van der Waals surface area contributed by atoms with Crippen molar-refractivity contribution in [3.8, 4) is 11.5 Å². The molecule has 0 spiro atoms. The molecule has 0 radical (unpaired) electrons. The normalized spacial score (nSPS) is 14.7. The van der Waals surface area contributed by atoms with E-state index in [9.17, 15) is 9.59 Å². The Kier molecular flexibility index (Phi) is 6.46. The zero-order chi connectivity index (χ0) is 20.8. The van der Waals surface area contributed by atoms with E-state index in [0.29, 0.717) is 23.7 Å². The lowest BCUT2D eigenvalue weighted by atomic mass is 10.1. The van der Waals surface area contributed by atoms with Gasteiger partial charge < -0.3 is 19.5 Å². The second-order valence-corrected chi connectivity index (χ2v) is 6.53. The van der Waals surface area contributed by atoms with Crippen molar-refractivity contribution < 1.29 is 23.8 Å². The van der Waals surface area contributed by atoms with E-state index in [1.807, 2.05) is 30.3 Å². The minimum Gasteiger partial charge on any atom is -0.493 e. The monoisotopic (exact) mass is 412 g/mol. The molecule has 1 N–H and O–H groups in total. The van der Waals surface area contributed by atoms with E-state index in [-0.39, 0.29) is 17.4 Å². The molecule has 2 aromatic carbocycles. The van der Waals surface area contributed by atoms with E-state index < -0.39 is 11.9 Å². The maximum Gasteiger partial charge on any atom is 0.325 e. The SMILES string of the molecule is COC(=O)CN1C(=O)/C(=C/c2ccc(OCc3ccccc3)c(OC)c2)NC1=S. The number of esters is 1. The van der Waals surface area contributed by atoms with Crippen molar-refractivity contribution in [2.45, 2.75) is 6.61 Å². The first-order valence-corrected chi connectivity index (χ1v) is 9.18. The summed E-state index contributed by atoms with van der Waals surface area (Å²) in [4.78, 5) is 25.1. The average molecular weight is 412 g/mol. The average Bonchev–Trinajstić information content (AvgIpc) is 3.00. The number of rotatable bonds is 7. The van der Waals surface area contributed by atoms with Gasteiger partial charge in [0.15, 0.2) is 16.6 Å². The molecule has 0 unspecified atom stereocenters. The quantitative estimate of drug-likeness (QED) is 0.425. The van der Waals surface area contributed by atoms with Gasteiger partial charge in [0.25, 0.3) is 5.91 Å². The number of carbonyl (C=O) groups is 2. The molecule has 0 aliphatic carbocycles. The fourth-order valence-electron chi connectivity index (χ4n) is 2.70. The van der Waals surface area contributed by atoms with Crippen LogP contribution in [-0.2, 0) is 20.9 Å². The molecule has 29 heavy (non-hydrogen) atoms. The summed E-state index contributed by atoms with van der Waals surface area (Å²) in [5.41, 5.74) is 2.02. The second-order valence-electron chi connectivity index (χ2n) is 6.14. The van der Waals surface area contributed by atoms with Crippen LogP contribution < -0.4 is 14.8 Å². The molecule has 2 aromatic rings. The summed E-state index contributed by atoms with van der Waals surface area (Å²) >= 11 is 5.13. The first-order chi connectivity index (χ1) is 14.0. The zero-order valence-electron chi connectivity index (χ0n) is 16.0. The van der Waals surface area contributed by atoms with Crippen molar-refractivity contribution in [1.82, 2.24) is 10.2 Å². The molecule has 1 aliphatic heterocycles. The van der Waals surface area contributed by atoms with E-state index in [1.165, 1.54) is 7.11 Å². The number of hydrogen-bond acceptors (Lipinski definition) is 6. The number of ether oxygens (including phenoxy) is 3. The Labute approximate surface area is 173 Å². The number of thiocarbonyl (C=S) groups is 1. The van der Waals surface area contributed by atoms with Crippen molar-refractivity contribution in [1.29, 1.82) is 0 Å². The van der Waals surface area contributed by atoms with Gasteiger partial charge in [-0.2, -0.15) is 0 Å². The molecule has 1 amide bonds. The van der Waals surface area contributed by atoms with Gasteiger partial charge in [-0.15, -0.1) is 0 Å². The highest BCUT2D eigenvalue weighted by molar-refractivity contribution is 7.80. The maximum absolute atomic E-state index is 12.5. The molecule has 0 bridgehead atoms. The van der Waals surface area contributed by atoms with Crippen LogP contribution in [0.1, 0.15) is 11.1 Å². The Bertz CT molecular complexity index is 959. The molecule has 3 rings (SSSR count). The van der Waals surface area contributed by atoms with Crippen LogP contribution in [0.5, 0.6) is 11.5 Å². The van der Waals surface area contributed by atoms with Crippen LogP contribution in [0, 0.1) is 0 Å². The number of nitrogens with zero attached hydrogens (tertiary/aromatic N) is 1. The third kappa shape index (κ3) is 4.91. The number of amides is 1. The van der Waals surface area contributed by atoms with E-state index in [2.05, 4.69) is 10.1 Å². The van der Waals surface area contributed by atoms with Gasteiger partial charge in [-0.1, -0.05) is 36.4 Å². The molecular formula is C21H20N2O5S. The minimum atomic E-state index is -0.551. The van der Waals surface area contributed by atoms with E-state index in [4.69, 9.17) is 21.7 Å². The zero-order valence-corrected chi connectivity index (χ0v) is 16.8. The Hall–Kier alpha value is -3.39. The van der Waals surface area contributed by atoms with Gasteiger partial charge in [0.05, 0.1) is 14.2 Å². The molecule has 0 atom stereocenters. The van der Waals surface area contributed by atoms with Crippen LogP contribution in [0.4, 0.5) is 0 Å². The lowest BCUT2D eigenvalue weighted by Crippen LogP contribution is -2.35. The summed E-state index contributed by atoms with van der Waals surface area (Å²) in [7, 11) is 2.80. The standard InChI is InChI=1S/C21H20N2O5S/c1-26-18-11-15(8-9-17(18)28-13-14-6-4-3-5-7-14)10-16-20(25)23(21(29)22-16)12-19(24)27-2/h3-11H,12-13H2,1-2H3,(H,22,29)/b16-10-. The number of nitrogens with one attached hydrogen (secondary N) is 1. The summed E-state index contributed by atoms with van der Waals surface area (Å²) in [6, 6.07) is 15.1. The van der Waals surface area contributed by atoms with Crippen molar-refractivity contribution >= 4 is 35.3 Å². The molecule has 1 saturated heterocycles. The van der Waals surface area contributed by atoms with Gasteiger partial charge in [-0.05, 0) is 41.6 Å². The summed E-state index contributed by atoms with van der Waals surface area (Å²) in [6.07, 6.45) is 1.63. The number of benzene rings is 2. The number of hydrogen-bond donors (Lipinski definition) is 1. The van der Waals surface area contributed by atoms with Crippen LogP contribution in [0.3, 0.4) is 0 Å². The van der Waals surface area contributed by atoms with Crippen molar-refractivity contribution in [2.24, 2.45) is 0 Å². The highest BCUT2D eigenvalue weighted by Crippen LogP contribution is 2.30. The molecule has 1 fully saturated rings. The summed E-state index contributed by atoms with van der Waals surface area (Å²) in [6.45, 7) is 0.169. The first kappa shape index (κ1) is 20.3. The lowest BCUT2D eigenvalue weighted by Gasteiger charge is -2.12. The lowest BCUT2D eigenvalue weighted by molar-refractivity contribution is -0.143. The van der Waals surface area contributed by atoms with Gasteiger partial charge in [0.2, 0.25) is 0 Å². The molecule has 7 nitrogen and oxygen atoms in total. The second kappa shape index (κ2) is 9.20. The predicted octanol–water partition coefficient (Wildman–Crippen LogP) is 2.50. The fraction of sp³-hybridized carbons (Fsp3) is 0.190. The molecule has 150 valence electrons. The van der Waals surface area contributed by atoms with Crippen LogP contribution in [0.25, 0.3) is 6.08 Å². The van der Waals surface area contributed by atoms with Crippen molar-refractivity contribution in [3.05, 3.63) is 65.4 Å². The highest BCUT2D eigenvalue weighted by Gasteiger charge is 2.32. The maximum atomic E-state index is 12.5. The summed E-state index contributed by atoms with van der Waals surface area (Å²) < 4.78 is 15.9. The molecule has 0 aromatic heterocycles. The van der Waals surface area contributed by atoms with E-state index in [0.717, 1.165) is 10.5 Å². The van der Waals surface area contributed by atoms with Crippen LogP contribution in [0.15, 0.2) is 54.2 Å². The summed E-state index contributed by atoms with van der Waals surface area (Å²) in [5, 5.41) is 2.97. The third-order valence-electron chi connectivity index (χ3n) is 4.21. The van der Waals surface area contributed by atoms with E-state index in [1.54, 1.807) is 31.4 Å². The number of carbonyl (C=O) groups excluding carboxylic acids is 2. The third-order valence-corrected chi connectivity index (χ3v) is 4.54. The Morgan fingerprint density at radius 2 is 1.90 bits per heavy atom. The van der Waals surface area contributed by atoms with Gasteiger partial charge in [-0.25, -0.2) is 0 Å². The molecular weight excluding hydrogens is 392 g/mol. The van der Waals surface area contributed by atoms with Crippen molar-refractivity contribution in [3.63, 3.8) is 0 Å². The van der Waals surface area contributed by atoms with Gasteiger partial charge in [-0.3, -0.25) is 14.5 Å². The molecule has 1 aliphatic rings. The molecule has 1 heterocycles. The van der Waals surface area contributed by atoms with Crippen molar-refractivity contribution in [2.75, 3.05) is 20.8 Å². The van der Waals surface area contributed by atoms with Gasteiger partial charge >= 0.3 is 5.97 Å². The smallest absolute Gasteiger partial charge is 0.325 e. The van der Waals surface area contributed by atoms with Crippen LogP contribution >= 0.6 is 12.2 Å². The topological polar surface area (TPSA) is 77.1 Å². The molecule has 8 heteroatoms. The van der Waals surface area contributed by atoms with Crippen LogP contribution in [-0.4, -0.2) is 42.7 Å². The molecule has 0 saturated carbocycles. The fourth-order valence-corrected chi connectivity index (χ4v) is 2.96. The van der Waals surface area contributed by atoms with Crippen LogP contribution in [0.2, 0.25) is 0 Å². The van der Waals surface area contributed by atoms with E-state index >= 15 is 0 Å². The van der Waals surface area contributed by atoms with Gasteiger partial charge in [0.1, 0.15) is 18.8 Å². The number of methoxy groups -OCH3 is 2. The largest absolute Gasteiger partial charge is 0.493 e. The minimum absolute atomic E-state index is 0.154. The Morgan fingerprint density at radius 1 is 1.14 bits per heavy atom. The van der Waals surface area contributed by atoms with Gasteiger partial charge in [0, 0.05) is 0 Å². The first-order valence-electron chi connectivity index (χ1n) is 8.78. The Morgan fingerprint density at radius 3 is 2.59 bits per heavy atom. The Balaban J connectivity index is 1.75. The summed E-state index contributed by atoms with van der Waals surface area (Å²) in [5.74, 6) is 0.177. The highest BCUT2D eigenvalue weighted by atomic mass is 32.1. The predicted molar refractivity (Wildman–Crippen MR) is 111 cm³/mol.